The summed E-state index contributed by atoms with van der Waals surface area (Å²) < 4.78 is 11.8. The summed E-state index contributed by atoms with van der Waals surface area (Å²) in [5.74, 6) is 0. The van der Waals surface area contributed by atoms with E-state index in [-0.39, 0.29) is 11.6 Å². The first kappa shape index (κ1) is 14.0. The maximum absolute atomic E-state index is 11.5. The summed E-state index contributed by atoms with van der Waals surface area (Å²) in [5.41, 5.74) is -1.14. The molecule has 96 valence electrons. The summed E-state index contributed by atoms with van der Waals surface area (Å²) >= 11 is 5.64. The van der Waals surface area contributed by atoms with E-state index in [1.807, 2.05) is 13.8 Å². The maximum atomic E-state index is 11.5. The van der Waals surface area contributed by atoms with Gasteiger partial charge in [-0.15, -0.1) is 0 Å². The molecule has 0 aliphatic heterocycles. The van der Waals surface area contributed by atoms with Gasteiger partial charge in [0.1, 0.15) is 5.02 Å². The van der Waals surface area contributed by atoms with Gasteiger partial charge in [-0.1, -0.05) is 11.6 Å². The average molecular weight is 263 g/mol. The largest absolute Gasteiger partial charge is 0.351 e. The molecule has 17 heavy (non-hydrogen) atoms. The van der Waals surface area contributed by atoms with E-state index in [4.69, 9.17) is 21.1 Å². The number of aromatic nitrogens is 2. The number of ether oxygens (including phenoxy) is 2. The van der Waals surface area contributed by atoms with Crippen LogP contribution < -0.4 is 11.2 Å². The van der Waals surface area contributed by atoms with Gasteiger partial charge in [-0.25, -0.2) is 4.79 Å². The third kappa shape index (κ3) is 3.99. The third-order valence-corrected chi connectivity index (χ3v) is 2.29. The number of nitrogens with zero attached hydrogens (tertiary/aromatic N) is 1. The van der Waals surface area contributed by atoms with Crippen LogP contribution >= 0.6 is 11.6 Å². The first-order valence-corrected chi connectivity index (χ1v) is 5.68. The highest BCUT2D eigenvalue weighted by Crippen LogP contribution is 2.01. The Kier molecular flexibility index (Phi) is 5.40. The molecule has 1 aromatic heterocycles. The van der Waals surface area contributed by atoms with E-state index in [1.54, 1.807) is 0 Å². The Hall–Kier alpha value is -1.11. The zero-order chi connectivity index (χ0) is 12.8. The zero-order valence-corrected chi connectivity index (χ0v) is 10.5. The number of hydrogen-bond donors (Lipinski definition) is 1. The molecule has 7 heteroatoms. The standard InChI is InChI=1S/C10H15ClN2O4/c1-3-16-8(17-4-2)6-13-5-7(11)9(14)12-10(13)15/h5,8H,3-4,6H2,1-2H3,(H,12,14,15). The number of nitrogens with one attached hydrogen (secondary N) is 1. The van der Waals surface area contributed by atoms with Crippen LogP contribution in [0, 0.1) is 0 Å². The van der Waals surface area contributed by atoms with Crippen LogP contribution in [0.25, 0.3) is 0 Å². The SMILES string of the molecule is CCOC(Cn1cc(Cl)c(=O)[nH]c1=O)OCC. The highest BCUT2D eigenvalue weighted by atomic mass is 35.5. The molecule has 0 radical (unpaired) electrons. The molecule has 0 aliphatic rings. The van der Waals surface area contributed by atoms with Crippen molar-refractivity contribution in [2.45, 2.75) is 26.7 Å². The molecular formula is C10H15ClN2O4. The van der Waals surface area contributed by atoms with Crippen LogP contribution in [0.3, 0.4) is 0 Å². The van der Waals surface area contributed by atoms with E-state index in [2.05, 4.69) is 4.98 Å². The van der Waals surface area contributed by atoms with Crippen LogP contribution in [-0.4, -0.2) is 29.1 Å². The Morgan fingerprint density at radius 1 is 1.35 bits per heavy atom. The number of halogens is 1. The van der Waals surface area contributed by atoms with Gasteiger partial charge in [-0.05, 0) is 13.8 Å². The van der Waals surface area contributed by atoms with Crippen molar-refractivity contribution in [1.29, 1.82) is 0 Å². The fourth-order valence-electron chi connectivity index (χ4n) is 1.30. The van der Waals surface area contributed by atoms with Crippen LogP contribution in [-0.2, 0) is 16.0 Å². The van der Waals surface area contributed by atoms with Crippen LogP contribution in [0.1, 0.15) is 13.8 Å². The van der Waals surface area contributed by atoms with Crippen molar-refractivity contribution in [2.24, 2.45) is 0 Å². The first-order valence-electron chi connectivity index (χ1n) is 5.31. The van der Waals surface area contributed by atoms with Crippen molar-refractivity contribution in [3.63, 3.8) is 0 Å². The quantitative estimate of drug-likeness (QED) is 0.762. The van der Waals surface area contributed by atoms with Gasteiger partial charge >= 0.3 is 5.69 Å². The lowest BCUT2D eigenvalue weighted by Crippen LogP contribution is -2.34. The molecule has 0 bridgehead atoms. The lowest BCUT2D eigenvalue weighted by atomic mass is 10.5. The van der Waals surface area contributed by atoms with Gasteiger partial charge < -0.3 is 9.47 Å². The molecule has 0 saturated heterocycles. The maximum Gasteiger partial charge on any atom is 0.328 e. The predicted octanol–water partition coefficient (Wildman–Crippen LogP) is 0.589. The molecule has 0 aliphatic carbocycles. The van der Waals surface area contributed by atoms with E-state index in [0.29, 0.717) is 13.2 Å². The molecule has 1 rings (SSSR count). The Bertz CT molecular complexity index is 462. The second kappa shape index (κ2) is 6.58. The minimum Gasteiger partial charge on any atom is -0.351 e. The summed E-state index contributed by atoms with van der Waals surface area (Å²) in [6.07, 6.45) is 0.734. The second-order valence-corrected chi connectivity index (χ2v) is 3.64. The van der Waals surface area contributed by atoms with Gasteiger partial charge in [0, 0.05) is 19.4 Å². The molecule has 1 N–H and O–H groups in total. The van der Waals surface area contributed by atoms with Crippen molar-refractivity contribution in [1.82, 2.24) is 9.55 Å². The topological polar surface area (TPSA) is 73.3 Å². The smallest absolute Gasteiger partial charge is 0.328 e. The van der Waals surface area contributed by atoms with Crippen LogP contribution in [0.15, 0.2) is 15.8 Å². The van der Waals surface area contributed by atoms with Gasteiger partial charge in [-0.3, -0.25) is 14.3 Å². The molecular weight excluding hydrogens is 248 g/mol. The van der Waals surface area contributed by atoms with Gasteiger partial charge in [0.25, 0.3) is 5.56 Å². The van der Waals surface area contributed by atoms with Crippen molar-refractivity contribution >= 4 is 11.6 Å². The fraction of sp³-hybridized carbons (Fsp3) is 0.600. The van der Waals surface area contributed by atoms with Gasteiger partial charge in [0.05, 0.1) is 6.54 Å². The van der Waals surface area contributed by atoms with Gasteiger partial charge in [-0.2, -0.15) is 0 Å². The number of H-pyrrole nitrogens is 1. The van der Waals surface area contributed by atoms with E-state index in [0.717, 1.165) is 0 Å². The van der Waals surface area contributed by atoms with Crippen LogP contribution in [0.4, 0.5) is 0 Å². The van der Waals surface area contributed by atoms with E-state index < -0.39 is 17.5 Å². The molecule has 0 saturated carbocycles. The molecule has 1 aromatic rings. The lowest BCUT2D eigenvalue weighted by molar-refractivity contribution is -0.144. The van der Waals surface area contributed by atoms with Crippen molar-refractivity contribution in [2.75, 3.05) is 13.2 Å². The average Bonchev–Trinajstić information content (AvgIpc) is 2.26. The molecule has 0 spiro atoms. The molecule has 0 aromatic carbocycles. The van der Waals surface area contributed by atoms with Crippen molar-refractivity contribution in [3.8, 4) is 0 Å². The third-order valence-electron chi connectivity index (χ3n) is 2.02. The van der Waals surface area contributed by atoms with Crippen LogP contribution in [0.2, 0.25) is 5.02 Å². The second-order valence-electron chi connectivity index (χ2n) is 3.23. The first-order chi connectivity index (χ1) is 8.08. The van der Waals surface area contributed by atoms with Crippen LogP contribution in [0.5, 0.6) is 0 Å². The Balaban J connectivity index is 2.89. The van der Waals surface area contributed by atoms with Gasteiger partial charge in [0.15, 0.2) is 6.29 Å². The lowest BCUT2D eigenvalue weighted by Gasteiger charge is -2.17. The summed E-state index contributed by atoms with van der Waals surface area (Å²) in [4.78, 5) is 24.6. The fourth-order valence-corrected chi connectivity index (χ4v) is 1.47. The van der Waals surface area contributed by atoms with E-state index >= 15 is 0 Å². The summed E-state index contributed by atoms with van der Waals surface area (Å²) in [6, 6.07) is 0. The van der Waals surface area contributed by atoms with Crippen molar-refractivity contribution < 1.29 is 9.47 Å². The zero-order valence-electron chi connectivity index (χ0n) is 9.73. The summed E-state index contributed by atoms with van der Waals surface area (Å²) in [5, 5.41) is -0.0450. The molecule has 0 amide bonds. The summed E-state index contributed by atoms with van der Waals surface area (Å²) in [6.45, 7) is 4.77. The van der Waals surface area contributed by atoms with Crippen molar-refractivity contribution in [3.05, 3.63) is 32.1 Å². The van der Waals surface area contributed by atoms with E-state index in [9.17, 15) is 9.59 Å². The molecule has 0 unspecified atom stereocenters. The molecule has 0 fully saturated rings. The molecule has 6 nitrogen and oxygen atoms in total. The van der Waals surface area contributed by atoms with E-state index in [1.165, 1.54) is 10.8 Å². The molecule has 0 atom stereocenters. The normalized spacial score (nSPS) is 11.1. The van der Waals surface area contributed by atoms with Gasteiger partial charge in [0.2, 0.25) is 0 Å². The Labute approximate surface area is 103 Å². The minimum atomic E-state index is -0.600. The highest BCUT2D eigenvalue weighted by Gasteiger charge is 2.11. The highest BCUT2D eigenvalue weighted by molar-refractivity contribution is 6.30. The predicted molar refractivity (Wildman–Crippen MR) is 63.4 cm³/mol. The monoisotopic (exact) mass is 262 g/mol. The Morgan fingerprint density at radius 2 is 1.94 bits per heavy atom. The molecule has 1 heterocycles. The number of rotatable bonds is 6. The number of hydrogen-bond acceptors (Lipinski definition) is 4. The summed E-state index contributed by atoms with van der Waals surface area (Å²) in [7, 11) is 0. The minimum absolute atomic E-state index is 0.0450. The Morgan fingerprint density at radius 3 is 2.47 bits per heavy atom. The number of aromatic amines is 1.